The van der Waals surface area contributed by atoms with E-state index in [4.69, 9.17) is 0 Å². The van der Waals surface area contributed by atoms with Crippen molar-refractivity contribution >= 4 is 11.8 Å². The molecule has 1 saturated carbocycles. The first-order valence-electron chi connectivity index (χ1n) is 5.54. The molecule has 0 atom stereocenters. The number of aromatic nitrogens is 3. The van der Waals surface area contributed by atoms with Crippen LogP contribution in [0.25, 0.3) is 0 Å². The Morgan fingerprint density at radius 3 is 2.73 bits per heavy atom. The van der Waals surface area contributed by atoms with Crippen LogP contribution < -0.4 is 10.2 Å². The third-order valence-corrected chi connectivity index (χ3v) is 2.52. The van der Waals surface area contributed by atoms with Crippen LogP contribution in [0.2, 0.25) is 0 Å². The molecule has 1 heterocycles. The van der Waals surface area contributed by atoms with Crippen LogP contribution >= 0.6 is 0 Å². The van der Waals surface area contributed by atoms with Crippen molar-refractivity contribution in [3.8, 4) is 0 Å². The average Bonchev–Trinajstić information content (AvgIpc) is 3.04. The molecule has 82 valence electrons. The molecular weight excluding hydrogens is 190 g/mol. The number of hydrogen-bond donors (Lipinski definition) is 1. The van der Waals surface area contributed by atoms with Crippen molar-refractivity contribution in [1.82, 2.24) is 15.2 Å². The Morgan fingerprint density at radius 1 is 1.40 bits per heavy atom. The third-order valence-electron chi connectivity index (χ3n) is 2.52. The fourth-order valence-electron chi connectivity index (χ4n) is 1.44. The molecule has 1 fully saturated rings. The van der Waals surface area contributed by atoms with Crippen LogP contribution in [-0.2, 0) is 0 Å². The molecule has 1 N–H and O–H groups in total. The van der Waals surface area contributed by atoms with Gasteiger partial charge in [-0.2, -0.15) is 10.1 Å². The molecule has 1 aromatic heterocycles. The second-order valence-electron chi connectivity index (χ2n) is 3.73. The second kappa shape index (κ2) is 4.42. The lowest BCUT2D eigenvalue weighted by Gasteiger charge is -2.17. The molecule has 0 saturated heterocycles. The minimum absolute atomic E-state index is 0.603. The van der Waals surface area contributed by atoms with Gasteiger partial charge in [0.2, 0.25) is 5.95 Å². The summed E-state index contributed by atoms with van der Waals surface area (Å²) in [5.74, 6) is 1.56. The average molecular weight is 207 g/mol. The monoisotopic (exact) mass is 207 g/mol. The molecule has 15 heavy (non-hydrogen) atoms. The van der Waals surface area contributed by atoms with Crippen molar-refractivity contribution in [3.63, 3.8) is 0 Å². The minimum atomic E-state index is 0.603. The van der Waals surface area contributed by atoms with Gasteiger partial charge in [-0.1, -0.05) is 0 Å². The van der Waals surface area contributed by atoms with E-state index in [1.807, 2.05) is 0 Å². The van der Waals surface area contributed by atoms with Gasteiger partial charge in [0.05, 0.1) is 6.20 Å². The summed E-state index contributed by atoms with van der Waals surface area (Å²) in [6.07, 6.45) is 4.17. The molecule has 1 aromatic rings. The molecule has 1 aliphatic rings. The molecule has 0 aromatic carbocycles. The smallest absolute Gasteiger partial charge is 0.247 e. The molecule has 0 spiro atoms. The van der Waals surface area contributed by atoms with Gasteiger partial charge in [-0.3, -0.25) is 0 Å². The first kappa shape index (κ1) is 10.1. The van der Waals surface area contributed by atoms with E-state index in [1.165, 1.54) is 12.8 Å². The van der Waals surface area contributed by atoms with Crippen molar-refractivity contribution in [3.05, 3.63) is 6.20 Å². The van der Waals surface area contributed by atoms with Crippen LogP contribution in [0.15, 0.2) is 6.20 Å². The van der Waals surface area contributed by atoms with Crippen molar-refractivity contribution in [2.45, 2.75) is 32.7 Å². The molecule has 0 amide bonds. The van der Waals surface area contributed by atoms with Gasteiger partial charge >= 0.3 is 0 Å². The van der Waals surface area contributed by atoms with Crippen LogP contribution in [0, 0.1) is 0 Å². The molecule has 0 unspecified atom stereocenters. The highest BCUT2D eigenvalue weighted by molar-refractivity contribution is 5.40. The standard InChI is InChI=1S/C10H17N5/c1-3-15(4-2)10-13-9(7-11-14-10)12-8-5-6-8/h7-8H,3-6H2,1-2H3,(H,12,13,14). The summed E-state index contributed by atoms with van der Waals surface area (Å²) in [6.45, 7) is 6.00. The van der Waals surface area contributed by atoms with E-state index < -0.39 is 0 Å². The fourth-order valence-corrected chi connectivity index (χ4v) is 1.44. The Labute approximate surface area is 89.9 Å². The summed E-state index contributed by atoms with van der Waals surface area (Å²) in [6, 6.07) is 0.603. The summed E-state index contributed by atoms with van der Waals surface area (Å²) in [5, 5.41) is 11.3. The highest BCUT2D eigenvalue weighted by atomic mass is 15.3. The molecule has 0 bridgehead atoms. The van der Waals surface area contributed by atoms with Gasteiger partial charge in [0.25, 0.3) is 0 Å². The summed E-state index contributed by atoms with van der Waals surface area (Å²) in [4.78, 5) is 6.52. The summed E-state index contributed by atoms with van der Waals surface area (Å²) in [7, 11) is 0. The van der Waals surface area contributed by atoms with Gasteiger partial charge in [0, 0.05) is 19.1 Å². The van der Waals surface area contributed by atoms with Crippen LogP contribution in [0.5, 0.6) is 0 Å². The van der Waals surface area contributed by atoms with Crippen LogP contribution in [0.4, 0.5) is 11.8 Å². The predicted molar refractivity (Wildman–Crippen MR) is 60.0 cm³/mol. The number of nitrogens with zero attached hydrogens (tertiary/aromatic N) is 4. The maximum absolute atomic E-state index is 4.44. The maximum Gasteiger partial charge on any atom is 0.247 e. The lowest BCUT2D eigenvalue weighted by Crippen LogP contribution is -2.25. The predicted octanol–water partition coefficient (Wildman–Crippen LogP) is 1.29. The minimum Gasteiger partial charge on any atom is -0.366 e. The zero-order valence-corrected chi connectivity index (χ0v) is 9.27. The topological polar surface area (TPSA) is 53.9 Å². The van der Waals surface area contributed by atoms with Gasteiger partial charge in [0.15, 0.2) is 5.82 Å². The highest BCUT2D eigenvalue weighted by Crippen LogP contribution is 2.23. The Hall–Kier alpha value is -1.39. The van der Waals surface area contributed by atoms with E-state index in [0.717, 1.165) is 18.9 Å². The SMILES string of the molecule is CCN(CC)c1nncc(NC2CC2)n1. The highest BCUT2D eigenvalue weighted by Gasteiger charge is 2.21. The van der Waals surface area contributed by atoms with Gasteiger partial charge in [0.1, 0.15) is 0 Å². The van der Waals surface area contributed by atoms with E-state index >= 15 is 0 Å². The van der Waals surface area contributed by atoms with Gasteiger partial charge < -0.3 is 10.2 Å². The quantitative estimate of drug-likeness (QED) is 0.788. The zero-order valence-electron chi connectivity index (χ0n) is 9.27. The molecule has 2 rings (SSSR count). The Balaban J connectivity index is 2.09. The van der Waals surface area contributed by atoms with E-state index in [2.05, 4.69) is 39.2 Å². The molecule has 5 nitrogen and oxygen atoms in total. The summed E-state index contributed by atoms with van der Waals surface area (Å²) < 4.78 is 0. The third kappa shape index (κ3) is 2.55. The summed E-state index contributed by atoms with van der Waals surface area (Å²) in [5.41, 5.74) is 0. The molecule has 0 aliphatic heterocycles. The normalized spacial score (nSPS) is 15.1. The lowest BCUT2D eigenvalue weighted by atomic mass is 10.5. The van der Waals surface area contributed by atoms with E-state index in [1.54, 1.807) is 6.20 Å². The lowest BCUT2D eigenvalue weighted by molar-refractivity contribution is 0.794. The first-order chi connectivity index (χ1) is 7.33. The van der Waals surface area contributed by atoms with Gasteiger partial charge in [-0.05, 0) is 26.7 Å². The maximum atomic E-state index is 4.44. The number of nitrogens with one attached hydrogen (secondary N) is 1. The van der Waals surface area contributed by atoms with E-state index in [9.17, 15) is 0 Å². The number of hydrogen-bond acceptors (Lipinski definition) is 5. The Morgan fingerprint density at radius 2 is 2.13 bits per heavy atom. The molecule has 5 heteroatoms. The van der Waals surface area contributed by atoms with Crippen molar-refractivity contribution < 1.29 is 0 Å². The van der Waals surface area contributed by atoms with Gasteiger partial charge in [-0.15, -0.1) is 5.10 Å². The van der Waals surface area contributed by atoms with Crippen molar-refractivity contribution in [1.29, 1.82) is 0 Å². The second-order valence-corrected chi connectivity index (χ2v) is 3.73. The van der Waals surface area contributed by atoms with Gasteiger partial charge in [-0.25, -0.2) is 0 Å². The van der Waals surface area contributed by atoms with Crippen LogP contribution in [-0.4, -0.2) is 34.3 Å². The zero-order chi connectivity index (χ0) is 10.7. The first-order valence-corrected chi connectivity index (χ1v) is 5.54. The Bertz CT molecular complexity index is 319. The van der Waals surface area contributed by atoms with Crippen LogP contribution in [0.1, 0.15) is 26.7 Å². The molecule has 0 radical (unpaired) electrons. The van der Waals surface area contributed by atoms with E-state index in [0.29, 0.717) is 12.0 Å². The van der Waals surface area contributed by atoms with Crippen molar-refractivity contribution in [2.75, 3.05) is 23.3 Å². The number of anilines is 2. The largest absolute Gasteiger partial charge is 0.366 e. The molecular formula is C10H17N5. The van der Waals surface area contributed by atoms with E-state index in [-0.39, 0.29) is 0 Å². The number of rotatable bonds is 5. The summed E-state index contributed by atoms with van der Waals surface area (Å²) >= 11 is 0. The Kier molecular flexibility index (Phi) is 2.99. The fraction of sp³-hybridized carbons (Fsp3) is 0.700. The van der Waals surface area contributed by atoms with Crippen molar-refractivity contribution in [2.24, 2.45) is 0 Å². The van der Waals surface area contributed by atoms with Crippen LogP contribution in [0.3, 0.4) is 0 Å². The molecule has 1 aliphatic carbocycles.